The van der Waals surface area contributed by atoms with Gasteiger partial charge in [0.05, 0.1) is 0 Å². The van der Waals surface area contributed by atoms with Gasteiger partial charge in [0, 0.05) is 21.4 Å². The number of amidine groups is 1. The Bertz CT molecular complexity index is 639. The van der Waals surface area contributed by atoms with Crippen LogP contribution in [-0.2, 0) is 9.59 Å². The Kier molecular flexibility index (Phi) is 5.95. The maximum absolute atomic E-state index is 12.0. The highest BCUT2D eigenvalue weighted by Crippen LogP contribution is 2.23. The van der Waals surface area contributed by atoms with E-state index in [0.717, 1.165) is 9.28 Å². The molecule has 1 fully saturated rings. The van der Waals surface area contributed by atoms with Gasteiger partial charge in [-0.3, -0.25) is 9.59 Å². The van der Waals surface area contributed by atoms with Crippen LogP contribution in [0.4, 0.5) is 5.69 Å². The first-order valence-electron chi connectivity index (χ1n) is 6.56. The molecule has 116 valence electrons. The number of thioether (sulfide) groups is 1. The van der Waals surface area contributed by atoms with E-state index in [9.17, 15) is 9.59 Å². The van der Waals surface area contributed by atoms with Crippen molar-refractivity contribution in [1.82, 2.24) is 5.32 Å². The Morgan fingerprint density at radius 1 is 1.36 bits per heavy atom. The summed E-state index contributed by atoms with van der Waals surface area (Å²) in [5, 5.41) is 13.2. The summed E-state index contributed by atoms with van der Waals surface area (Å²) in [7, 11) is 0. The molecule has 1 aromatic rings. The van der Waals surface area contributed by atoms with Gasteiger partial charge in [-0.2, -0.15) is 5.10 Å². The van der Waals surface area contributed by atoms with Gasteiger partial charge in [0.2, 0.25) is 11.8 Å². The van der Waals surface area contributed by atoms with E-state index in [0.29, 0.717) is 10.9 Å². The topological polar surface area (TPSA) is 82.9 Å². The van der Waals surface area contributed by atoms with Crippen LogP contribution in [0.1, 0.15) is 20.3 Å². The monoisotopic (exact) mass is 430 g/mol. The highest BCUT2D eigenvalue weighted by Gasteiger charge is 2.32. The minimum atomic E-state index is -0.477. The van der Waals surface area contributed by atoms with Crippen molar-refractivity contribution >= 4 is 62.7 Å². The molecule has 6 nitrogen and oxygen atoms in total. The van der Waals surface area contributed by atoms with Crippen LogP contribution in [0.3, 0.4) is 0 Å². The zero-order valence-electron chi connectivity index (χ0n) is 12.1. The van der Waals surface area contributed by atoms with Gasteiger partial charge in [0.1, 0.15) is 5.25 Å². The van der Waals surface area contributed by atoms with Crippen LogP contribution in [0.15, 0.2) is 34.5 Å². The molecule has 1 aromatic carbocycles. The number of hydrogen-bond donors (Lipinski definition) is 2. The molecule has 1 aliphatic heterocycles. The highest BCUT2D eigenvalue weighted by molar-refractivity contribution is 14.1. The smallest absolute Gasteiger partial charge is 0.240 e. The van der Waals surface area contributed by atoms with Gasteiger partial charge in [0.15, 0.2) is 5.17 Å². The lowest BCUT2D eigenvalue weighted by molar-refractivity contribution is -0.122. The van der Waals surface area contributed by atoms with Gasteiger partial charge >= 0.3 is 0 Å². The van der Waals surface area contributed by atoms with E-state index >= 15 is 0 Å². The number of halogens is 1. The van der Waals surface area contributed by atoms with E-state index in [1.165, 1.54) is 11.8 Å². The van der Waals surface area contributed by atoms with Crippen molar-refractivity contribution in [3.8, 4) is 0 Å². The van der Waals surface area contributed by atoms with Crippen LogP contribution in [-0.4, -0.2) is 27.9 Å². The number of nitrogens with zero attached hydrogens (tertiary/aromatic N) is 2. The van der Waals surface area contributed by atoms with E-state index in [1.807, 2.05) is 38.1 Å². The zero-order valence-corrected chi connectivity index (χ0v) is 15.1. The molecule has 0 aromatic heterocycles. The summed E-state index contributed by atoms with van der Waals surface area (Å²) < 4.78 is 1.09. The molecule has 1 aliphatic rings. The fourth-order valence-electron chi connectivity index (χ4n) is 1.65. The maximum Gasteiger partial charge on any atom is 0.240 e. The van der Waals surface area contributed by atoms with Crippen molar-refractivity contribution in [2.24, 2.45) is 10.2 Å². The average molecular weight is 430 g/mol. The summed E-state index contributed by atoms with van der Waals surface area (Å²) in [6.45, 7) is 3.63. The summed E-state index contributed by atoms with van der Waals surface area (Å²) in [6, 6.07) is 7.46. The fourth-order valence-corrected chi connectivity index (χ4v) is 2.92. The predicted molar refractivity (Wildman–Crippen MR) is 98.1 cm³/mol. The first-order valence-corrected chi connectivity index (χ1v) is 8.51. The van der Waals surface area contributed by atoms with Crippen molar-refractivity contribution in [2.75, 3.05) is 5.32 Å². The fraction of sp³-hybridized carbons (Fsp3) is 0.286. The SMILES string of the molecule is CC(C)=N/N=C1\NC(=O)[C@H](CC(=O)Nc2ccc(I)cc2)S1. The van der Waals surface area contributed by atoms with E-state index in [4.69, 9.17) is 0 Å². The number of amides is 2. The molecule has 1 atom stereocenters. The molecule has 8 heteroatoms. The molecular formula is C14H15IN4O2S. The van der Waals surface area contributed by atoms with Crippen LogP contribution in [0, 0.1) is 3.57 Å². The van der Waals surface area contributed by atoms with Crippen molar-refractivity contribution in [2.45, 2.75) is 25.5 Å². The van der Waals surface area contributed by atoms with Gasteiger partial charge in [-0.25, -0.2) is 0 Å². The molecule has 1 heterocycles. The van der Waals surface area contributed by atoms with Gasteiger partial charge in [-0.15, -0.1) is 5.10 Å². The second-order valence-electron chi connectivity index (χ2n) is 4.81. The number of nitrogens with one attached hydrogen (secondary N) is 2. The lowest BCUT2D eigenvalue weighted by Gasteiger charge is -2.07. The van der Waals surface area contributed by atoms with Crippen molar-refractivity contribution in [1.29, 1.82) is 0 Å². The Morgan fingerprint density at radius 2 is 2.05 bits per heavy atom. The van der Waals surface area contributed by atoms with Crippen LogP contribution in [0.25, 0.3) is 0 Å². The third-order valence-corrected chi connectivity index (χ3v) is 4.41. The van der Waals surface area contributed by atoms with Crippen molar-refractivity contribution in [3.63, 3.8) is 0 Å². The molecule has 0 bridgehead atoms. The van der Waals surface area contributed by atoms with Gasteiger partial charge in [-0.1, -0.05) is 11.8 Å². The predicted octanol–water partition coefficient (Wildman–Crippen LogP) is 2.60. The molecule has 0 aliphatic carbocycles. The molecule has 0 spiro atoms. The third-order valence-electron chi connectivity index (χ3n) is 2.62. The molecular weight excluding hydrogens is 415 g/mol. The van der Waals surface area contributed by atoms with E-state index in [2.05, 4.69) is 43.4 Å². The molecule has 2 amide bonds. The molecule has 0 unspecified atom stereocenters. The van der Waals surface area contributed by atoms with Gasteiger partial charge in [-0.05, 0) is 60.7 Å². The number of hydrogen-bond acceptors (Lipinski definition) is 5. The number of carbonyl (C=O) groups is 2. The number of carbonyl (C=O) groups excluding carboxylic acids is 2. The van der Waals surface area contributed by atoms with Crippen LogP contribution in [0.2, 0.25) is 0 Å². The summed E-state index contributed by atoms with van der Waals surface area (Å²) in [4.78, 5) is 23.8. The quantitative estimate of drug-likeness (QED) is 0.438. The van der Waals surface area contributed by atoms with Crippen molar-refractivity contribution < 1.29 is 9.59 Å². The zero-order chi connectivity index (χ0) is 16.1. The Balaban J connectivity index is 1.92. The summed E-state index contributed by atoms with van der Waals surface area (Å²) in [5.41, 5.74) is 1.51. The number of benzene rings is 1. The minimum absolute atomic E-state index is 0.0936. The standard InChI is InChI=1S/C14H15IN4O2S/c1-8(2)18-19-14-17-13(21)11(22-14)7-12(20)16-10-5-3-9(15)4-6-10/h3-6,11H,7H2,1-2H3,(H,16,20)(H,17,19,21)/t11-/m0/s1. The highest BCUT2D eigenvalue weighted by atomic mass is 127. The second-order valence-corrected chi connectivity index (χ2v) is 7.24. The number of rotatable bonds is 4. The summed E-state index contributed by atoms with van der Waals surface area (Å²) >= 11 is 3.42. The van der Waals surface area contributed by atoms with Gasteiger partial charge < -0.3 is 10.6 Å². The first-order chi connectivity index (χ1) is 10.4. The Morgan fingerprint density at radius 3 is 2.68 bits per heavy atom. The molecule has 0 saturated carbocycles. The number of anilines is 1. The van der Waals surface area contributed by atoms with E-state index in [-0.39, 0.29) is 18.2 Å². The summed E-state index contributed by atoms with van der Waals surface area (Å²) in [5.74, 6) is -0.421. The largest absolute Gasteiger partial charge is 0.326 e. The molecule has 2 rings (SSSR count). The molecule has 2 N–H and O–H groups in total. The minimum Gasteiger partial charge on any atom is -0.326 e. The Labute approximate surface area is 146 Å². The van der Waals surface area contributed by atoms with Crippen LogP contribution < -0.4 is 10.6 Å². The first kappa shape index (κ1) is 16.9. The van der Waals surface area contributed by atoms with Crippen LogP contribution in [0.5, 0.6) is 0 Å². The molecule has 22 heavy (non-hydrogen) atoms. The molecule has 0 radical (unpaired) electrons. The maximum atomic E-state index is 12.0. The molecule has 1 saturated heterocycles. The van der Waals surface area contributed by atoms with Gasteiger partial charge in [0.25, 0.3) is 0 Å². The van der Waals surface area contributed by atoms with Crippen LogP contribution >= 0.6 is 34.4 Å². The van der Waals surface area contributed by atoms with E-state index < -0.39 is 5.25 Å². The lowest BCUT2D eigenvalue weighted by atomic mass is 10.2. The average Bonchev–Trinajstić information content (AvgIpc) is 2.79. The second kappa shape index (κ2) is 7.73. The normalized spacial score (nSPS) is 19.0. The van der Waals surface area contributed by atoms with E-state index in [1.54, 1.807) is 0 Å². The third kappa shape index (κ3) is 5.09. The van der Waals surface area contributed by atoms with Crippen molar-refractivity contribution in [3.05, 3.63) is 27.8 Å². The lowest BCUT2D eigenvalue weighted by Crippen LogP contribution is -2.28. The summed E-state index contributed by atoms with van der Waals surface area (Å²) in [6.07, 6.45) is 0.0936. The Hall–Kier alpha value is -1.42.